The fraction of sp³-hybridized carbons (Fsp3) is 0.647. The molecule has 2 aliphatic rings. The van der Waals surface area contributed by atoms with Crippen LogP contribution in [-0.2, 0) is 4.74 Å². The summed E-state index contributed by atoms with van der Waals surface area (Å²) < 4.78 is 16.6. The molecular weight excluding hydrogens is 266 g/mol. The topological polar surface area (TPSA) is 39.7 Å². The zero-order chi connectivity index (χ0) is 14.9. The van der Waals surface area contributed by atoms with Crippen molar-refractivity contribution in [1.29, 1.82) is 0 Å². The molecule has 0 heterocycles. The van der Waals surface area contributed by atoms with Gasteiger partial charge in [0, 0.05) is 24.1 Å². The largest absolute Gasteiger partial charge is 0.497 e. The van der Waals surface area contributed by atoms with Crippen molar-refractivity contribution in [2.45, 2.75) is 44.8 Å². The lowest BCUT2D eigenvalue weighted by atomic mass is 9.51. The molecule has 0 bridgehead atoms. The third-order valence-corrected chi connectivity index (χ3v) is 5.18. The molecule has 2 atom stereocenters. The predicted molar refractivity (Wildman–Crippen MR) is 83.3 cm³/mol. The second-order valence-corrected chi connectivity index (χ2v) is 6.03. The number of methoxy groups -OCH3 is 2. The highest BCUT2D eigenvalue weighted by molar-refractivity contribution is 5.60. The number of nitrogens with one attached hydrogen (secondary N) is 1. The summed E-state index contributed by atoms with van der Waals surface area (Å²) in [7, 11) is 3.37. The number of hydrogen-bond donors (Lipinski definition) is 1. The summed E-state index contributed by atoms with van der Waals surface area (Å²) >= 11 is 0. The van der Waals surface area contributed by atoms with Gasteiger partial charge < -0.3 is 19.5 Å². The van der Waals surface area contributed by atoms with E-state index in [9.17, 15) is 0 Å². The molecule has 0 aromatic heterocycles. The molecule has 3 rings (SSSR count). The number of rotatable bonds is 6. The summed E-state index contributed by atoms with van der Waals surface area (Å²) in [6.07, 6.45) is 5.38. The van der Waals surface area contributed by atoms with E-state index in [2.05, 4.69) is 12.2 Å². The molecular formula is C17H25NO3. The van der Waals surface area contributed by atoms with Gasteiger partial charge in [0.25, 0.3) is 0 Å². The lowest BCUT2D eigenvalue weighted by Gasteiger charge is -2.61. The molecule has 21 heavy (non-hydrogen) atoms. The van der Waals surface area contributed by atoms with Crippen LogP contribution in [-0.4, -0.2) is 33.0 Å². The van der Waals surface area contributed by atoms with Crippen LogP contribution in [0.15, 0.2) is 18.2 Å². The van der Waals surface area contributed by atoms with Crippen molar-refractivity contribution >= 4 is 5.69 Å². The first-order chi connectivity index (χ1) is 10.2. The number of ether oxygens (including phenoxy) is 3. The Morgan fingerprint density at radius 2 is 2.05 bits per heavy atom. The smallest absolute Gasteiger partial charge is 0.145 e. The maximum Gasteiger partial charge on any atom is 0.145 e. The summed E-state index contributed by atoms with van der Waals surface area (Å²) in [4.78, 5) is 0. The molecule has 1 spiro atoms. The minimum atomic E-state index is 0.348. The fourth-order valence-electron chi connectivity index (χ4n) is 3.75. The molecule has 1 N–H and O–H groups in total. The van der Waals surface area contributed by atoms with Gasteiger partial charge in [-0.05, 0) is 38.3 Å². The van der Waals surface area contributed by atoms with Gasteiger partial charge in [-0.15, -0.1) is 0 Å². The monoisotopic (exact) mass is 291 g/mol. The Labute approximate surface area is 126 Å². The normalized spacial score (nSPS) is 25.9. The van der Waals surface area contributed by atoms with E-state index in [0.29, 0.717) is 17.6 Å². The lowest BCUT2D eigenvalue weighted by molar-refractivity contribution is -0.157. The molecule has 2 unspecified atom stereocenters. The van der Waals surface area contributed by atoms with Gasteiger partial charge in [0.2, 0.25) is 0 Å². The predicted octanol–water partition coefficient (Wildman–Crippen LogP) is 3.46. The summed E-state index contributed by atoms with van der Waals surface area (Å²) in [5.41, 5.74) is 1.39. The Bertz CT molecular complexity index is 499. The van der Waals surface area contributed by atoms with E-state index in [0.717, 1.165) is 30.2 Å². The molecule has 0 aliphatic heterocycles. The summed E-state index contributed by atoms with van der Waals surface area (Å²) in [6.45, 7) is 2.89. The maximum atomic E-state index is 5.91. The van der Waals surface area contributed by atoms with Crippen molar-refractivity contribution in [3.05, 3.63) is 18.2 Å². The Morgan fingerprint density at radius 1 is 1.24 bits per heavy atom. The minimum Gasteiger partial charge on any atom is -0.497 e. The quantitative estimate of drug-likeness (QED) is 0.871. The van der Waals surface area contributed by atoms with E-state index >= 15 is 0 Å². The zero-order valence-corrected chi connectivity index (χ0v) is 13.1. The first kappa shape index (κ1) is 14.5. The van der Waals surface area contributed by atoms with Crippen LogP contribution >= 0.6 is 0 Å². The van der Waals surface area contributed by atoms with Crippen molar-refractivity contribution in [2.24, 2.45) is 5.41 Å². The third-order valence-electron chi connectivity index (χ3n) is 5.18. The van der Waals surface area contributed by atoms with Crippen LogP contribution in [0, 0.1) is 5.41 Å². The Balaban J connectivity index is 1.73. The molecule has 4 heteroatoms. The van der Waals surface area contributed by atoms with Crippen molar-refractivity contribution < 1.29 is 14.2 Å². The molecule has 2 saturated carbocycles. The van der Waals surface area contributed by atoms with Gasteiger partial charge in [0.1, 0.15) is 11.5 Å². The average Bonchev–Trinajstić information content (AvgIpc) is 2.44. The van der Waals surface area contributed by atoms with E-state index in [1.807, 2.05) is 18.2 Å². The SMILES string of the molecule is CCOC1CC(Nc2ccc(OC)cc2OC)C12CCC2. The van der Waals surface area contributed by atoms with Gasteiger partial charge in [-0.3, -0.25) is 0 Å². The van der Waals surface area contributed by atoms with Gasteiger partial charge in [0.15, 0.2) is 0 Å². The van der Waals surface area contributed by atoms with Gasteiger partial charge in [0.05, 0.1) is 26.0 Å². The average molecular weight is 291 g/mol. The van der Waals surface area contributed by atoms with Gasteiger partial charge in [-0.1, -0.05) is 6.42 Å². The van der Waals surface area contributed by atoms with Crippen LogP contribution in [0.4, 0.5) is 5.69 Å². The first-order valence-electron chi connectivity index (χ1n) is 7.83. The molecule has 0 saturated heterocycles. The van der Waals surface area contributed by atoms with E-state index in [1.165, 1.54) is 19.3 Å². The van der Waals surface area contributed by atoms with Gasteiger partial charge in [-0.25, -0.2) is 0 Å². The maximum absolute atomic E-state index is 5.91. The molecule has 0 radical (unpaired) electrons. The van der Waals surface area contributed by atoms with E-state index < -0.39 is 0 Å². The van der Waals surface area contributed by atoms with Crippen LogP contribution in [0.1, 0.15) is 32.6 Å². The van der Waals surface area contributed by atoms with Crippen LogP contribution < -0.4 is 14.8 Å². The second-order valence-electron chi connectivity index (χ2n) is 6.03. The van der Waals surface area contributed by atoms with Crippen molar-refractivity contribution in [1.82, 2.24) is 0 Å². The molecule has 2 fully saturated rings. The van der Waals surface area contributed by atoms with Crippen molar-refractivity contribution in [3.8, 4) is 11.5 Å². The Morgan fingerprint density at radius 3 is 2.62 bits per heavy atom. The molecule has 1 aromatic carbocycles. The van der Waals surface area contributed by atoms with Crippen LogP contribution in [0.2, 0.25) is 0 Å². The van der Waals surface area contributed by atoms with Crippen molar-refractivity contribution in [3.63, 3.8) is 0 Å². The Hall–Kier alpha value is -1.42. The summed E-state index contributed by atoms with van der Waals surface area (Å²) in [5.74, 6) is 1.65. The van der Waals surface area contributed by atoms with E-state index in [-0.39, 0.29) is 0 Å². The second kappa shape index (κ2) is 5.76. The first-order valence-corrected chi connectivity index (χ1v) is 7.83. The van der Waals surface area contributed by atoms with E-state index in [4.69, 9.17) is 14.2 Å². The van der Waals surface area contributed by atoms with E-state index in [1.54, 1.807) is 14.2 Å². The fourth-order valence-corrected chi connectivity index (χ4v) is 3.75. The minimum absolute atomic E-state index is 0.348. The molecule has 4 nitrogen and oxygen atoms in total. The lowest BCUT2D eigenvalue weighted by Crippen LogP contribution is -2.64. The van der Waals surface area contributed by atoms with Gasteiger partial charge in [-0.2, -0.15) is 0 Å². The zero-order valence-electron chi connectivity index (χ0n) is 13.1. The number of hydrogen-bond acceptors (Lipinski definition) is 4. The Kier molecular flexibility index (Phi) is 3.98. The van der Waals surface area contributed by atoms with Crippen LogP contribution in [0.5, 0.6) is 11.5 Å². The molecule has 2 aliphatic carbocycles. The molecule has 1 aromatic rings. The standard InChI is InChI=1S/C17H25NO3/c1-4-21-16-11-15(17(16)8-5-9-17)18-13-7-6-12(19-2)10-14(13)20-3/h6-7,10,15-16,18H,4-5,8-9,11H2,1-3H3. The summed E-state index contributed by atoms with van der Waals surface area (Å²) in [5, 5.41) is 3.67. The van der Waals surface area contributed by atoms with Gasteiger partial charge >= 0.3 is 0 Å². The highest BCUT2D eigenvalue weighted by atomic mass is 16.5. The third kappa shape index (κ3) is 2.35. The number of benzene rings is 1. The van der Waals surface area contributed by atoms with Crippen LogP contribution in [0.3, 0.4) is 0 Å². The highest BCUT2D eigenvalue weighted by Crippen LogP contribution is 2.58. The molecule has 116 valence electrons. The number of anilines is 1. The molecule has 0 amide bonds. The van der Waals surface area contributed by atoms with Crippen molar-refractivity contribution in [2.75, 3.05) is 26.1 Å². The summed E-state index contributed by atoms with van der Waals surface area (Å²) in [6, 6.07) is 6.42. The van der Waals surface area contributed by atoms with Crippen LogP contribution in [0.25, 0.3) is 0 Å². The highest BCUT2D eigenvalue weighted by Gasteiger charge is 2.59.